The normalized spacial score (nSPS) is 22.7. The van der Waals surface area contributed by atoms with Gasteiger partial charge in [0.25, 0.3) is 0 Å². The molecule has 2 unspecified atom stereocenters. The van der Waals surface area contributed by atoms with Gasteiger partial charge in [0, 0.05) is 31.7 Å². The summed E-state index contributed by atoms with van der Waals surface area (Å²) in [5, 5.41) is 3.52. The highest BCUT2D eigenvalue weighted by atomic mass is 16.3. The molecule has 0 radical (unpaired) electrons. The van der Waals surface area contributed by atoms with Gasteiger partial charge < -0.3 is 20.4 Å². The van der Waals surface area contributed by atoms with Crippen molar-refractivity contribution in [2.24, 2.45) is 5.73 Å². The summed E-state index contributed by atoms with van der Waals surface area (Å²) in [7, 11) is 2.15. The molecule has 5 heteroatoms. The fourth-order valence-electron chi connectivity index (χ4n) is 2.69. The molecule has 3 N–H and O–H groups in total. The minimum atomic E-state index is 0.0264. The van der Waals surface area contributed by atoms with Crippen LogP contribution in [0.4, 0.5) is 0 Å². The van der Waals surface area contributed by atoms with Gasteiger partial charge in [-0.2, -0.15) is 0 Å². The summed E-state index contributed by atoms with van der Waals surface area (Å²) in [6.45, 7) is 3.20. The zero-order valence-electron chi connectivity index (χ0n) is 11.2. The molecule has 1 fully saturated rings. The molecular weight excluding hydrogens is 240 g/mol. The largest absolute Gasteiger partial charge is 0.443 e. The summed E-state index contributed by atoms with van der Waals surface area (Å²) in [5.41, 5.74) is 9.11. The maximum atomic E-state index is 6.31. The average molecular weight is 260 g/mol. The number of piperazine rings is 1. The highest BCUT2D eigenvalue weighted by Gasteiger charge is 2.20. The number of hydrogen-bond donors (Lipinski definition) is 2. The standard InChI is InChI=1S/C14H20N4O/c1-18-5-4-16-11(8-18)7-12(15)10-2-3-13-14(6-10)19-9-17-13/h2-3,6,9,11-12,16H,4-5,7-8,15H2,1H3. The first-order valence-corrected chi connectivity index (χ1v) is 6.73. The number of likely N-dealkylation sites (N-methyl/N-ethyl adjacent to an activating group) is 1. The Morgan fingerprint density at radius 1 is 1.58 bits per heavy atom. The Morgan fingerprint density at radius 2 is 2.47 bits per heavy atom. The minimum absolute atomic E-state index is 0.0264. The lowest BCUT2D eigenvalue weighted by molar-refractivity contribution is 0.226. The van der Waals surface area contributed by atoms with Crippen molar-refractivity contribution in [1.29, 1.82) is 0 Å². The van der Waals surface area contributed by atoms with Crippen LogP contribution in [0.5, 0.6) is 0 Å². The number of fused-ring (bicyclic) bond motifs is 1. The lowest BCUT2D eigenvalue weighted by Crippen LogP contribution is -2.49. The van der Waals surface area contributed by atoms with E-state index in [1.165, 1.54) is 6.39 Å². The van der Waals surface area contributed by atoms with Crippen molar-refractivity contribution in [3.63, 3.8) is 0 Å². The average Bonchev–Trinajstić information content (AvgIpc) is 2.85. The number of nitrogens with zero attached hydrogens (tertiary/aromatic N) is 2. The molecule has 0 spiro atoms. The molecule has 1 saturated heterocycles. The summed E-state index contributed by atoms with van der Waals surface area (Å²) in [6, 6.07) is 6.49. The van der Waals surface area contributed by atoms with E-state index in [4.69, 9.17) is 10.2 Å². The van der Waals surface area contributed by atoms with Crippen molar-refractivity contribution in [3.8, 4) is 0 Å². The Hall–Kier alpha value is -1.43. The first kappa shape index (κ1) is 12.6. The van der Waals surface area contributed by atoms with E-state index in [1.54, 1.807) is 0 Å². The van der Waals surface area contributed by atoms with E-state index in [1.807, 2.05) is 18.2 Å². The zero-order valence-corrected chi connectivity index (χ0v) is 11.2. The second kappa shape index (κ2) is 5.28. The van der Waals surface area contributed by atoms with Crippen molar-refractivity contribution in [3.05, 3.63) is 30.2 Å². The third-order valence-corrected chi connectivity index (χ3v) is 3.78. The summed E-state index contributed by atoms with van der Waals surface area (Å²) < 4.78 is 5.33. The van der Waals surface area contributed by atoms with Crippen LogP contribution in [0, 0.1) is 0 Å². The third-order valence-electron chi connectivity index (χ3n) is 3.78. The number of aromatic nitrogens is 1. The van der Waals surface area contributed by atoms with Crippen molar-refractivity contribution in [2.75, 3.05) is 26.7 Å². The monoisotopic (exact) mass is 260 g/mol. The Kier molecular flexibility index (Phi) is 3.50. The van der Waals surface area contributed by atoms with Gasteiger partial charge in [0.05, 0.1) is 0 Å². The Morgan fingerprint density at radius 3 is 3.32 bits per heavy atom. The third kappa shape index (κ3) is 2.78. The topological polar surface area (TPSA) is 67.3 Å². The van der Waals surface area contributed by atoms with Gasteiger partial charge in [-0.25, -0.2) is 4.98 Å². The number of benzene rings is 1. The number of nitrogens with two attached hydrogens (primary N) is 1. The van der Waals surface area contributed by atoms with E-state index < -0.39 is 0 Å². The maximum absolute atomic E-state index is 6.31. The molecule has 2 aromatic rings. The molecule has 1 aliphatic rings. The van der Waals surface area contributed by atoms with Gasteiger partial charge in [-0.15, -0.1) is 0 Å². The molecule has 0 saturated carbocycles. The molecule has 102 valence electrons. The van der Waals surface area contributed by atoms with Crippen molar-refractivity contribution < 1.29 is 4.42 Å². The summed E-state index contributed by atoms with van der Waals surface area (Å²) in [6.07, 6.45) is 2.40. The van der Waals surface area contributed by atoms with Gasteiger partial charge in [0.1, 0.15) is 5.52 Å². The van der Waals surface area contributed by atoms with Crippen LogP contribution in [0.15, 0.2) is 29.0 Å². The Balaban J connectivity index is 1.70. The van der Waals surface area contributed by atoms with E-state index in [2.05, 4.69) is 22.2 Å². The smallest absolute Gasteiger partial charge is 0.181 e. The number of rotatable bonds is 3. The van der Waals surface area contributed by atoms with E-state index in [0.29, 0.717) is 6.04 Å². The van der Waals surface area contributed by atoms with Crippen LogP contribution in [0.2, 0.25) is 0 Å². The molecule has 1 aromatic carbocycles. The van der Waals surface area contributed by atoms with E-state index in [-0.39, 0.29) is 6.04 Å². The van der Waals surface area contributed by atoms with Gasteiger partial charge in [0.2, 0.25) is 0 Å². The van der Waals surface area contributed by atoms with Crippen LogP contribution in [-0.2, 0) is 0 Å². The number of nitrogens with one attached hydrogen (secondary N) is 1. The predicted molar refractivity (Wildman–Crippen MR) is 74.8 cm³/mol. The van der Waals surface area contributed by atoms with E-state index in [0.717, 1.165) is 42.7 Å². The van der Waals surface area contributed by atoms with Crippen LogP contribution < -0.4 is 11.1 Å². The Bertz CT molecular complexity index is 553. The fourth-order valence-corrected chi connectivity index (χ4v) is 2.69. The van der Waals surface area contributed by atoms with Gasteiger partial charge in [0.15, 0.2) is 12.0 Å². The van der Waals surface area contributed by atoms with Crippen LogP contribution >= 0.6 is 0 Å². The van der Waals surface area contributed by atoms with E-state index >= 15 is 0 Å². The minimum Gasteiger partial charge on any atom is -0.443 e. The van der Waals surface area contributed by atoms with Crippen LogP contribution in [0.1, 0.15) is 18.0 Å². The lowest BCUT2D eigenvalue weighted by atomic mass is 9.98. The van der Waals surface area contributed by atoms with Crippen molar-refractivity contribution in [1.82, 2.24) is 15.2 Å². The molecular formula is C14H20N4O. The molecule has 0 amide bonds. The molecule has 1 aromatic heterocycles. The van der Waals surface area contributed by atoms with E-state index in [9.17, 15) is 0 Å². The highest BCUT2D eigenvalue weighted by molar-refractivity contribution is 5.72. The summed E-state index contributed by atoms with van der Waals surface area (Å²) in [5.74, 6) is 0. The zero-order chi connectivity index (χ0) is 13.2. The SMILES string of the molecule is CN1CCNC(CC(N)c2ccc3ncoc3c2)C1. The van der Waals surface area contributed by atoms with Crippen molar-refractivity contribution >= 4 is 11.1 Å². The van der Waals surface area contributed by atoms with Crippen molar-refractivity contribution in [2.45, 2.75) is 18.5 Å². The second-order valence-corrected chi connectivity index (χ2v) is 5.34. The molecule has 19 heavy (non-hydrogen) atoms. The lowest BCUT2D eigenvalue weighted by Gasteiger charge is -2.32. The molecule has 1 aliphatic heterocycles. The molecule has 0 bridgehead atoms. The van der Waals surface area contributed by atoms with Crippen LogP contribution in [-0.4, -0.2) is 42.6 Å². The molecule has 2 heterocycles. The number of oxazole rings is 1. The first-order chi connectivity index (χ1) is 9.22. The number of hydrogen-bond acceptors (Lipinski definition) is 5. The second-order valence-electron chi connectivity index (χ2n) is 5.34. The first-order valence-electron chi connectivity index (χ1n) is 6.73. The summed E-state index contributed by atoms with van der Waals surface area (Å²) >= 11 is 0. The molecule has 2 atom stereocenters. The van der Waals surface area contributed by atoms with Gasteiger partial charge >= 0.3 is 0 Å². The predicted octanol–water partition coefficient (Wildman–Crippen LogP) is 1.12. The molecule has 3 rings (SSSR count). The van der Waals surface area contributed by atoms with Gasteiger partial charge in [-0.05, 0) is 31.2 Å². The Labute approximate surface area is 112 Å². The molecule has 0 aliphatic carbocycles. The highest BCUT2D eigenvalue weighted by Crippen LogP contribution is 2.21. The summed E-state index contributed by atoms with van der Waals surface area (Å²) in [4.78, 5) is 6.46. The fraction of sp³-hybridized carbons (Fsp3) is 0.500. The van der Waals surface area contributed by atoms with Gasteiger partial charge in [-0.3, -0.25) is 0 Å². The van der Waals surface area contributed by atoms with Crippen LogP contribution in [0.25, 0.3) is 11.1 Å². The van der Waals surface area contributed by atoms with Gasteiger partial charge in [-0.1, -0.05) is 6.07 Å². The maximum Gasteiger partial charge on any atom is 0.181 e. The molecule has 5 nitrogen and oxygen atoms in total. The quantitative estimate of drug-likeness (QED) is 0.865. The van der Waals surface area contributed by atoms with Crippen LogP contribution in [0.3, 0.4) is 0 Å².